The van der Waals surface area contributed by atoms with E-state index >= 15 is 0 Å². The Labute approximate surface area is 113 Å². The van der Waals surface area contributed by atoms with Crippen LogP contribution in [0.1, 0.15) is 0 Å². The van der Waals surface area contributed by atoms with Gasteiger partial charge < -0.3 is 33.5 Å². The first-order chi connectivity index (χ1) is 9.24. The van der Waals surface area contributed by atoms with E-state index in [1.807, 2.05) is 0 Å². The van der Waals surface area contributed by atoms with Crippen molar-refractivity contribution in [2.24, 2.45) is 0 Å². The first-order valence-corrected chi connectivity index (χ1v) is 5.92. The van der Waals surface area contributed by atoms with Gasteiger partial charge in [0.15, 0.2) is 0 Å². The predicted molar refractivity (Wildman–Crippen MR) is 65.4 cm³/mol. The second-order valence-corrected chi connectivity index (χ2v) is 3.99. The maximum Gasteiger partial charge on any atom is 0.147 e. The Kier molecular flexibility index (Phi) is 8.15. The first-order valence-electron chi connectivity index (χ1n) is 5.92. The number of aliphatic hydroxyl groups is 1. The van der Waals surface area contributed by atoms with E-state index in [0.29, 0.717) is 0 Å². The summed E-state index contributed by atoms with van der Waals surface area (Å²) in [6.45, 7) is 0.249. The highest BCUT2D eigenvalue weighted by Gasteiger charge is 2.38. The number of ether oxygens (including phenoxy) is 6. The molecule has 0 amide bonds. The predicted octanol–water partition coefficient (Wildman–Crippen LogP) is -0.116. The second kappa shape index (κ2) is 9.38. The lowest BCUT2D eigenvalue weighted by Crippen LogP contribution is -2.51. The fraction of sp³-hybridized carbons (Fsp3) is 0.833. The maximum atomic E-state index is 9.93. The molecule has 0 fully saturated rings. The fourth-order valence-electron chi connectivity index (χ4n) is 1.80. The van der Waals surface area contributed by atoms with Gasteiger partial charge in [-0.2, -0.15) is 0 Å². The van der Waals surface area contributed by atoms with Gasteiger partial charge in [-0.1, -0.05) is 12.2 Å². The smallest absolute Gasteiger partial charge is 0.147 e. The Morgan fingerprint density at radius 3 is 1.89 bits per heavy atom. The van der Waals surface area contributed by atoms with E-state index in [2.05, 4.69) is 0 Å². The summed E-state index contributed by atoms with van der Waals surface area (Å²) in [6.07, 6.45) is 1.04. The van der Waals surface area contributed by atoms with Gasteiger partial charge in [0.1, 0.15) is 44.8 Å². The Morgan fingerprint density at radius 2 is 1.32 bits per heavy atom. The molecule has 1 aliphatic carbocycles. The van der Waals surface area contributed by atoms with E-state index in [1.54, 1.807) is 12.2 Å². The van der Waals surface area contributed by atoms with Gasteiger partial charge in [-0.25, -0.2) is 0 Å². The van der Waals surface area contributed by atoms with Gasteiger partial charge in [0.2, 0.25) is 0 Å². The zero-order chi connectivity index (χ0) is 14.1. The van der Waals surface area contributed by atoms with Crippen molar-refractivity contribution in [2.75, 3.05) is 41.7 Å². The molecule has 4 atom stereocenters. The van der Waals surface area contributed by atoms with Crippen LogP contribution in [0.5, 0.6) is 0 Å². The van der Waals surface area contributed by atoms with Gasteiger partial charge in [0, 0.05) is 21.3 Å². The maximum absolute atomic E-state index is 9.93. The van der Waals surface area contributed by atoms with Crippen LogP contribution >= 0.6 is 0 Å². The number of hydrogen-bond donors (Lipinski definition) is 1. The van der Waals surface area contributed by atoms with Gasteiger partial charge >= 0.3 is 0 Å². The van der Waals surface area contributed by atoms with Crippen LogP contribution in [0, 0.1) is 0 Å². The summed E-state index contributed by atoms with van der Waals surface area (Å²) in [4.78, 5) is 0. The highest BCUT2D eigenvalue weighted by Crippen LogP contribution is 2.22. The topological polar surface area (TPSA) is 75.6 Å². The van der Waals surface area contributed by atoms with E-state index in [0.717, 1.165) is 0 Å². The fourth-order valence-corrected chi connectivity index (χ4v) is 1.80. The second-order valence-electron chi connectivity index (χ2n) is 3.99. The van der Waals surface area contributed by atoms with Crippen LogP contribution in [0.15, 0.2) is 12.2 Å². The van der Waals surface area contributed by atoms with Gasteiger partial charge in [-0.3, -0.25) is 0 Å². The summed E-state index contributed by atoms with van der Waals surface area (Å²) in [5.74, 6) is 0. The molecule has 19 heavy (non-hydrogen) atoms. The van der Waals surface area contributed by atoms with Crippen molar-refractivity contribution < 1.29 is 33.5 Å². The van der Waals surface area contributed by atoms with E-state index in [9.17, 15) is 5.11 Å². The minimum absolute atomic E-state index is 0.0550. The van der Waals surface area contributed by atoms with Crippen molar-refractivity contribution in [3.8, 4) is 0 Å². The molecule has 4 unspecified atom stereocenters. The van der Waals surface area contributed by atoms with Crippen LogP contribution in [0.4, 0.5) is 0 Å². The zero-order valence-corrected chi connectivity index (χ0v) is 11.5. The third-order valence-corrected chi connectivity index (χ3v) is 2.62. The average molecular weight is 278 g/mol. The molecular formula is C12H22O7. The van der Waals surface area contributed by atoms with Crippen molar-refractivity contribution in [2.45, 2.75) is 24.4 Å². The van der Waals surface area contributed by atoms with Crippen LogP contribution in [0.2, 0.25) is 0 Å². The summed E-state index contributed by atoms with van der Waals surface area (Å²) < 4.78 is 31.1. The van der Waals surface area contributed by atoms with E-state index in [-0.39, 0.29) is 26.5 Å². The Hall–Kier alpha value is -0.540. The number of aliphatic hydroxyl groups excluding tert-OH is 1. The van der Waals surface area contributed by atoms with Crippen molar-refractivity contribution in [3.05, 3.63) is 12.2 Å². The number of hydrogen-bond acceptors (Lipinski definition) is 7. The van der Waals surface area contributed by atoms with Crippen molar-refractivity contribution in [1.29, 1.82) is 0 Å². The minimum atomic E-state index is -0.792. The van der Waals surface area contributed by atoms with Crippen LogP contribution in [0.25, 0.3) is 0 Å². The molecule has 0 aliphatic heterocycles. The summed E-state index contributed by atoms with van der Waals surface area (Å²) >= 11 is 0. The largest absolute Gasteiger partial charge is 0.386 e. The highest BCUT2D eigenvalue weighted by atomic mass is 16.7. The standard InChI is InChI=1S/C12H22O7/c1-14-6-17-10-5-4-9(13)11(18-7-15-2)12(10)19-8-16-3/h4-5,9-13H,6-8H2,1-3H3. The van der Waals surface area contributed by atoms with Gasteiger partial charge in [-0.15, -0.1) is 0 Å². The van der Waals surface area contributed by atoms with E-state index in [4.69, 9.17) is 28.4 Å². The minimum Gasteiger partial charge on any atom is -0.386 e. The van der Waals surface area contributed by atoms with Crippen LogP contribution in [-0.4, -0.2) is 71.2 Å². The van der Waals surface area contributed by atoms with Crippen molar-refractivity contribution >= 4 is 0 Å². The Balaban J connectivity index is 2.69. The molecule has 112 valence electrons. The highest BCUT2D eigenvalue weighted by molar-refractivity contribution is 5.09. The SMILES string of the molecule is COCOC1C=CC(O)C(OCOC)C1OCOC. The van der Waals surface area contributed by atoms with Gasteiger partial charge in [0.25, 0.3) is 0 Å². The van der Waals surface area contributed by atoms with Crippen LogP contribution < -0.4 is 0 Å². The summed E-state index contributed by atoms with van der Waals surface area (Å²) in [5.41, 5.74) is 0. The molecule has 0 aromatic heterocycles. The molecule has 1 rings (SSSR count). The first kappa shape index (κ1) is 16.5. The van der Waals surface area contributed by atoms with Crippen LogP contribution in [-0.2, 0) is 28.4 Å². The molecular weight excluding hydrogens is 256 g/mol. The molecule has 0 spiro atoms. The lowest BCUT2D eigenvalue weighted by molar-refractivity contribution is -0.216. The van der Waals surface area contributed by atoms with Crippen LogP contribution in [0.3, 0.4) is 0 Å². The van der Waals surface area contributed by atoms with Crippen molar-refractivity contribution in [3.63, 3.8) is 0 Å². The summed E-state index contributed by atoms with van der Waals surface area (Å²) in [6, 6.07) is 0. The molecule has 0 aromatic rings. The quantitative estimate of drug-likeness (QED) is 0.465. The molecule has 0 saturated heterocycles. The normalized spacial score (nSPS) is 30.7. The van der Waals surface area contributed by atoms with Crippen molar-refractivity contribution in [1.82, 2.24) is 0 Å². The number of rotatable bonds is 9. The average Bonchev–Trinajstić information content (AvgIpc) is 2.42. The molecule has 1 N–H and O–H groups in total. The third kappa shape index (κ3) is 5.15. The van der Waals surface area contributed by atoms with E-state index in [1.165, 1.54) is 21.3 Å². The molecule has 0 bridgehead atoms. The number of methoxy groups -OCH3 is 3. The lowest BCUT2D eigenvalue weighted by atomic mass is 9.96. The molecule has 0 radical (unpaired) electrons. The zero-order valence-electron chi connectivity index (χ0n) is 11.5. The monoisotopic (exact) mass is 278 g/mol. The Bertz CT molecular complexity index is 258. The summed E-state index contributed by atoms with van der Waals surface area (Å²) in [7, 11) is 4.56. The molecule has 0 saturated carbocycles. The van der Waals surface area contributed by atoms with E-state index < -0.39 is 18.3 Å². The molecule has 7 heteroatoms. The third-order valence-electron chi connectivity index (χ3n) is 2.62. The molecule has 7 nitrogen and oxygen atoms in total. The molecule has 0 heterocycles. The Morgan fingerprint density at radius 1 is 0.789 bits per heavy atom. The van der Waals surface area contributed by atoms with Gasteiger partial charge in [-0.05, 0) is 0 Å². The lowest BCUT2D eigenvalue weighted by Gasteiger charge is -2.36. The molecule has 1 aliphatic rings. The summed E-state index contributed by atoms with van der Waals surface area (Å²) in [5, 5.41) is 9.93. The van der Waals surface area contributed by atoms with Gasteiger partial charge in [0.05, 0.1) is 0 Å². The molecule has 0 aromatic carbocycles.